The van der Waals surface area contributed by atoms with E-state index in [0.29, 0.717) is 36.0 Å². The van der Waals surface area contributed by atoms with Crippen LogP contribution in [0, 0.1) is 13.8 Å². The molecule has 0 aromatic carbocycles. The van der Waals surface area contributed by atoms with E-state index >= 15 is 0 Å². The fourth-order valence-electron chi connectivity index (χ4n) is 5.20. The van der Waals surface area contributed by atoms with Gasteiger partial charge in [-0.25, -0.2) is 24.9 Å². The molecule has 2 bridgehead atoms. The number of rotatable bonds is 6. The number of fused-ring (bicyclic) bond motifs is 2. The highest BCUT2D eigenvalue weighted by molar-refractivity contribution is 7.16. The number of thiazole rings is 2. The summed E-state index contributed by atoms with van der Waals surface area (Å²) in [7, 11) is 1.58. The molecular weight excluding hydrogens is 534 g/mol. The van der Waals surface area contributed by atoms with Gasteiger partial charge in [-0.1, -0.05) is 0 Å². The van der Waals surface area contributed by atoms with Crippen molar-refractivity contribution in [3.63, 3.8) is 0 Å². The first-order valence-corrected chi connectivity index (χ1v) is 14.3. The van der Waals surface area contributed by atoms with Crippen LogP contribution in [-0.4, -0.2) is 73.9 Å². The van der Waals surface area contributed by atoms with Gasteiger partial charge in [0.2, 0.25) is 5.95 Å². The molecule has 4 aromatic heterocycles. The number of piperazine rings is 1. The van der Waals surface area contributed by atoms with Gasteiger partial charge in [0.05, 0.1) is 44.5 Å². The molecule has 2 aliphatic heterocycles. The number of nitrogens with zero attached hydrogens (tertiary/aromatic N) is 7. The molecule has 2 saturated heterocycles. The number of amides is 2. The van der Waals surface area contributed by atoms with E-state index in [1.54, 1.807) is 24.6 Å². The van der Waals surface area contributed by atoms with E-state index < -0.39 is 0 Å². The minimum atomic E-state index is -0.218. The Morgan fingerprint density at radius 2 is 1.69 bits per heavy atom. The summed E-state index contributed by atoms with van der Waals surface area (Å²) in [6, 6.07) is 3.78. The zero-order valence-electron chi connectivity index (χ0n) is 21.7. The molecule has 0 saturated carbocycles. The Kier molecular flexibility index (Phi) is 6.69. The first kappa shape index (κ1) is 25.3. The Balaban J connectivity index is 1.10. The van der Waals surface area contributed by atoms with E-state index in [1.807, 2.05) is 36.3 Å². The van der Waals surface area contributed by atoms with Gasteiger partial charge >= 0.3 is 0 Å². The lowest BCUT2D eigenvalue weighted by Crippen LogP contribution is -2.56. The third-order valence-corrected chi connectivity index (χ3v) is 8.87. The van der Waals surface area contributed by atoms with Crippen molar-refractivity contribution in [3.05, 3.63) is 57.9 Å². The molecule has 2 N–H and O–H groups in total. The van der Waals surface area contributed by atoms with Crippen LogP contribution in [0.5, 0.6) is 0 Å². The molecule has 4 aromatic rings. The number of pyridine rings is 1. The summed E-state index contributed by atoms with van der Waals surface area (Å²) < 4.78 is 0. The van der Waals surface area contributed by atoms with Gasteiger partial charge in [-0.15, -0.1) is 22.7 Å². The minimum Gasteiger partial charge on any atom is -0.355 e. The quantitative estimate of drug-likeness (QED) is 0.362. The van der Waals surface area contributed by atoms with Crippen LogP contribution in [0.2, 0.25) is 0 Å². The zero-order valence-corrected chi connectivity index (χ0v) is 23.3. The summed E-state index contributed by atoms with van der Waals surface area (Å²) in [6.45, 7) is 5.29. The topological polar surface area (TPSA) is 129 Å². The van der Waals surface area contributed by atoms with Crippen LogP contribution in [0.15, 0.2) is 36.1 Å². The summed E-state index contributed by atoms with van der Waals surface area (Å²) in [4.78, 5) is 52.9. The number of anilines is 3. The average molecular weight is 562 g/mol. The second-order valence-corrected chi connectivity index (χ2v) is 11.7. The van der Waals surface area contributed by atoms with Crippen LogP contribution < -0.4 is 15.5 Å². The number of hydrogen-bond donors (Lipinski definition) is 2. The highest BCUT2D eigenvalue weighted by Gasteiger charge is 2.43. The molecule has 0 aliphatic carbocycles. The van der Waals surface area contributed by atoms with E-state index in [-0.39, 0.29) is 23.9 Å². The number of hydrogen-bond acceptors (Lipinski definition) is 11. The minimum absolute atomic E-state index is 0.00958. The molecule has 200 valence electrons. The molecule has 11 nitrogen and oxygen atoms in total. The maximum atomic E-state index is 13.5. The lowest BCUT2D eigenvalue weighted by atomic mass is 10.1. The number of carbonyl (C=O) groups is 2. The lowest BCUT2D eigenvalue weighted by Gasteiger charge is -2.41. The second-order valence-electron chi connectivity index (χ2n) is 9.60. The van der Waals surface area contributed by atoms with E-state index in [1.165, 1.54) is 23.7 Å². The largest absolute Gasteiger partial charge is 0.355 e. The first-order chi connectivity index (χ1) is 18.9. The van der Waals surface area contributed by atoms with E-state index in [4.69, 9.17) is 0 Å². The summed E-state index contributed by atoms with van der Waals surface area (Å²) in [5, 5.41) is 9.59. The molecule has 13 heteroatoms. The third kappa shape index (κ3) is 4.94. The van der Waals surface area contributed by atoms with Crippen molar-refractivity contribution < 1.29 is 9.59 Å². The van der Waals surface area contributed by atoms with Crippen molar-refractivity contribution in [1.29, 1.82) is 0 Å². The van der Waals surface area contributed by atoms with Gasteiger partial charge < -0.3 is 20.4 Å². The molecule has 2 atom stereocenters. The van der Waals surface area contributed by atoms with Crippen LogP contribution in [0.4, 0.5) is 16.9 Å². The molecule has 0 radical (unpaired) electrons. The molecule has 2 amide bonds. The summed E-state index contributed by atoms with van der Waals surface area (Å²) in [6.07, 6.45) is 6.57. The Labute approximate surface area is 233 Å². The molecule has 39 heavy (non-hydrogen) atoms. The molecule has 2 aliphatic rings. The third-order valence-electron chi connectivity index (χ3n) is 7.01. The fraction of sp³-hybridized carbons (Fsp3) is 0.346. The molecule has 0 unspecified atom stereocenters. The fourth-order valence-corrected chi connectivity index (χ4v) is 6.86. The van der Waals surface area contributed by atoms with E-state index in [0.717, 1.165) is 39.2 Å². The summed E-state index contributed by atoms with van der Waals surface area (Å²) >= 11 is 3.14. The normalized spacial score (nSPS) is 18.3. The van der Waals surface area contributed by atoms with Gasteiger partial charge in [0.25, 0.3) is 11.8 Å². The highest BCUT2D eigenvalue weighted by Crippen LogP contribution is 2.34. The van der Waals surface area contributed by atoms with Crippen LogP contribution in [0.3, 0.4) is 0 Å². The number of aryl methyl sites for hydroxylation is 2. The van der Waals surface area contributed by atoms with Crippen molar-refractivity contribution in [2.75, 3.05) is 30.4 Å². The standard InChI is InChI=1S/C26H27N9O2S2/c1-14-22(39-15(2)31-14)20-13-38-26(32-20)33-21-7-4-16(8-28-21)24(37)35-18-5-6-19(35)12-34(11-18)25-29-9-17(10-30-25)23(36)27-3/h4,7-10,13,18-19H,5-6,11-12H2,1-3H3,(H,27,36)(H,28,32,33)/t18-,19+. The number of aromatic nitrogens is 5. The first-order valence-electron chi connectivity index (χ1n) is 12.6. The predicted molar refractivity (Wildman–Crippen MR) is 151 cm³/mol. The maximum Gasteiger partial charge on any atom is 0.256 e. The van der Waals surface area contributed by atoms with E-state index in [2.05, 4.69) is 40.5 Å². The van der Waals surface area contributed by atoms with Gasteiger partial charge in [-0.05, 0) is 38.8 Å². The molecular formula is C26H27N9O2S2. The van der Waals surface area contributed by atoms with Gasteiger partial charge in [-0.3, -0.25) is 9.59 Å². The van der Waals surface area contributed by atoms with Crippen molar-refractivity contribution in [3.8, 4) is 10.6 Å². The second kappa shape index (κ2) is 10.3. The molecule has 2 fully saturated rings. The highest BCUT2D eigenvalue weighted by atomic mass is 32.1. The van der Waals surface area contributed by atoms with Gasteiger partial charge in [0.15, 0.2) is 5.13 Å². The van der Waals surface area contributed by atoms with Crippen LogP contribution in [-0.2, 0) is 0 Å². The summed E-state index contributed by atoms with van der Waals surface area (Å²) in [5.41, 5.74) is 2.87. The van der Waals surface area contributed by atoms with Gasteiger partial charge in [0.1, 0.15) is 5.82 Å². The Morgan fingerprint density at radius 1 is 0.974 bits per heavy atom. The van der Waals surface area contributed by atoms with Crippen molar-refractivity contribution >= 4 is 51.4 Å². The number of carbonyl (C=O) groups excluding carboxylic acids is 2. The van der Waals surface area contributed by atoms with Gasteiger partial charge in [0, 0.05) is 44.1 Å². The van der Waals surface area contributed by atoms with Crippen LogP contribution >= 0.6 is 22.7 Å². The molecule has 6 heterocycles. The maximum absolute atomic E-state index is 13.5. The Hall–Kier alpha value is -3.97. The Morgan fingerprint density at radius 3 is 2.31 bits per heavy atom. The SMILES string of the molecule is CNC(=O)c1cnc(N2C[C@H]3CC[C@@H](C2)N3C(=O)c2ccc(Nc3nc(-c4sc(C)nc4C)cs3)nc2)nc1. The number of nitrogens with one attached hydrogen (secondary N) is 2. The summed E-state index contributed by atoms with van der Waals surface area (Å²) in [5.74, 6) is 0.985. The molecule has 6 rings (SSSR count). The van der Waals surface area contributed by atoms with Crippen molar-refractivity contribution in [1.82, 2.24) is 35.1 Å². The lowest BCUT2D eigenvalue weighted by molar-refractivity contribution is 0.0640. The Bertz CT molecular complexity index is 1500. The average Bonchev–Trinajstić information content (AvgIpc) is 3.62. The van der Waals surface area contributed by atoms with Gasteiger partial charge in [-0.2, -0.15) is 0 Å². The van der Waals surface area contributed by atoms with Crippen LogP contribution in [0.25, 0.3) is 10.6 Å². The van der Waals surface area contributed by atoms with Crippen molar-refractivity contribution in [2.45, 2.75) is 38.8 Å². The predicted octanol–water partition coefficient (Wildman–Crippen LogP) is 3.67. The monoisotopic (exact) mass is 561 g/mol. The van der Waals surface area contributed by atoms with Crippen molar-refractivity contribution in [2.24, 2.45) is 0 Å². The molecule has 0 spiro atoms. The van der Waals surface area contributed by atoms with Crippen LogP contribution in [0.1, 0.15) is 44.3 Å². The van der Waals surface area contributed by atoms with E-state index in [9.17, 15) is 9.59 Å². The zero-order chi connectivity index (χ0) is 27.1. The smallest absolute Gasteiger partial charge is 0.256 e.